The second kappa shape index (κ2) is 22.8. The van der Waals surface area contributed by atoms with Crippen LogP contribution < -0.4 is 31.9 Å². The fourth-order valence-corrected chi connectivity index (χ4v) is 7.53. The van der Waals surface area contributed by atoms with E-state index in [4.69, 9.17) is 26.0 Å². The molecule has 3 aromatic rings. The first-order valence-corrected chi connectivity index (χ1v) is 18.2. The zero-order valence-corrected chi connectivity index (χ0v) is 30.2. The van der Waals surface area contributed by atoms with Crippen molar-refractivity contribution in [3.8, 4) is 0 Å². The molecule has 55 heavy (non-hydrogen) atoms. The Morgan fingerprint density at radius 3 is 1.20 bits per heavy atom. The number of aliphatic carboxylic acids is 3. The monoisotopic (exact) mass is 787 g/mol. The van der Waals surface area contributed by atoms with Gasteiger partial charge in [0.15, 0.2) is 0 Å². The van der Waals surface area contributed by atoms with Crippen LogP contribution in [-0.2, 0) is 29.0 Å². The molecule has 9 N–H and O–H groups in total. The molecule has 0 aromatic heterocycles. The summed E-state index contributed by atoms with van der Waals surface area (Å²) in [6.45, 7) is -0.746. The van der Waals surface area contributed by atoms with Crippen molar-refractivity contribution in [1.29, 1.82) is 0 Å². The molecule has 3 aromatic carbocycles. The van der Waals surface area contributed by atoms with Crippen molar-refractivity contribution in [2.45, 2.75) is 56.7 Å². The maximum absolute atomic E-state index is 13.0. The van der Waals surface area contributed by atoms with Crippen LogP contribution in [0.4, 0.5) is 0 Å². The Hall–Kier alpha value is -5.33. The summed E-state index contributed by atoms with van der Waals surface area (Å²) in [5.74, 6) is -5.13. The lowest BCUT2D eigenvalue weighted by Crippen LogP contribution is -2.41. The Labute approximate surface area is 315 Å². The molecule has 18 nitrogen and oxygen atoms in total. The molecule has 0 aliphatic rings. The molecule has 296 valence electrons. The van der Waals surface area contributed by atoms with Crippen LogP contribution in [0, 0.1) is 0 Å². The Morgan fingerprint density at radius 1 is 0.527 bits per heavy atom. The van der Waals surface area contributed by atoms with Gasteiger partial charge in [-0.3, -0.25) is 39.7 Å². The summed E-state index contributed by atoms with van der Waals surface area (Å²) in [7, 11) is -1.41. The van der Waals surface area contributed by atoms with Gasteiger partial charge in [0, 0.05) is 29.5 Å². The van der Waals surface area contributed by atoms with Gasteiger partial charge in [0.2, 0.25) is 0 Å². The molecule has 0 aliphatic heterocycles. The maximum atomic E-state index is 13.0. The van der Waals surface area contributed by atoms with Crippen LogP contribution in [0.3, 0.4) is 0 Å². The zero-order valence-electron chi connectivity index (χ0n) is 29.3. The second-order valence-corrected chi connectivity index (χ2v) is 14.3. The van der Waals surface area contributed by atoms with Crippen molar-refractivity contribution in [2.75, 3.05) is 19.8 Å². The van der Waals surface area contributed by atoms with Crippen molar-refractivity contribution in [1.82, 2.24) is 16.0 Å². The van der Waals surface area contributed by atoms with Crippen molar-refractivity contribution < 1.29 is 74.5 Å². The summed E-state index contributed by atoms with van der Waals surface area (Å²) in [6.07, 6.45) is -0.296. The average Bonchev–Trinajstić information content (AvgIpc) is 3.16. The van der Waals surface area contributed by atoms with Crippen LogP contribution in [0.15, 0.2) is 72.8 Å². The molecule has 0 bridgehead atoms. The van der Waals surface area contributed by atoms with Crippen LogP contribution in [0.1, 0.15) is 69.6 Å². The SMILES string of the molecule is O=C(O)CCC(COO)NC(=O)c1ccc(P(c2ccc(C(=O)NC(CCC(=O)O)COO)cc2)c2ccc(C(=O)NC(CCCOO)C(=O)O)cc2)cc1. The molecule has 0 spiro atoms. The van der Waals surface area contributed by atoms with Gasteiger partial charge in [-0.25, -0.2) is 19.5 Å². The fraction of sp³-hybridized carbons (Fsp3) is 0.333. The summed E-state index contributed by atoms with van der Waals surface area (Å²) in [4.78, 5) is 84.9. The largest absolute Gasteiger partial charge is 0.481 e. The second-order valence-electron chi connectivity index (χ2n) is 12.1. The summed E-state index contributed by atoms with van der Waals surface area (Å²) >= 11 is 0. The van der Waals surface area contributed by atoms with E-state index < -0.39 is 61.7 Å². The molecule has 0 saturated carbocycles. The van der Waals surface area contributed by atoms with Crippen LogP contribution in [-0.4, -0.2) is 105 Å². The Morgan fingerprint density at radius 2 is 0.891 bits per heavy atom. The molecule has 3 rings (SSSR count). The standard InChI is InChI=1S/C36H42N3O15P/c40-31(41)17-9-25(20-53-50)37-33(44)22-3-11-27(12-4-22)55(28-13-5-23(6-14-28)34(45)38-26(21-54-51)10-18-32(42)43)29-15-7-24(8-16-29)35(46)39-30(36(47)48)2-1-19-52-49/h3-8,11-16,25-26,30,49-51H,1-2,9-10,17-21H2,(H,37,44)(H,38,45)(H,39,46)(H,40,41)(H,42,43)(H,47,48). The van der Waals surface area contributed by atoms with Crippen LogP contribution in [0.25, 0.3) is 0 Å². The molecule has 19 heteroatoms. The molecular weight excluding hydrogens is 745 g/mol. The highest BCUT2D eigenvalue weighted by molar-refractivity contribution is 7.79. The van der Waals surface area contributed by atoms with Gasteiger partial charge in [-0.2, -0.15) is 0 Å². The lowest BCUT2D eigenvalue weighted by Gasteiger charge is -2.21. The van der Waals surface area contributed by atoms with Gasteiger partial charge in [-0.1, -0.05) is 36.4 Å². The van der Waals surface area contributed by atoms with E-state index in [2.05, 4.69) is 30.6 Å². The topological polar surface area (TPSA) is 288 Å². The number of carboxylic acids is 3. The third-order valence-corrected chi connectivity index (χ3v) is 10.6. The zero-order chi connectivity index (χ0) is 40.3. The molecule has 0 heterocycles. The number of hydrogen-bond donors (Lipinski definition) is 9. The first kappa shape index (κ1) is 44.1. The van der Waals surface area contributed by atoms with Crippen molar-refractivity contribution >= 4 is 59.5 Å². The quantitative estimate of drug-likeness (QED) is 0.0271. The highest BCUT2D eigenvalue weighted by atomic mass is 31.1. The lowest BCUT2D eigenvalue weighted by molar-refractivity contribution is -0.246. The predicted molar refractivity (Wildman–Crippen MR) is 195 cm³/mol. The number of carboxylic acid groups (broad SMARTS) is 3. The van der Waals surface area contributed by atoms with E-state index in [0.29, 0.717) is 0 Å². The predicted octanol–water partition coefficient (Wildman–Crippen LogP) is 1.80. The van der Waals surface area contributed by atoms with E-state index in [1.54, 1.807) is 60.7 Å². The molecule has 0 fully saturated rings. The summed E-state index contributed by atoms with van der Waals surface area (Å²) in [6, 6.07) is 16.8. The smallest absolute Gasteiger partial charge is 0.326 e. The van der Waals surface area contributed by atoms with Gasteiger partial charge in [0.1, 0.15) is 19.3 Å². The molecular formula is C36H42N3O15P. The Kier molecular flexibility index (Phi) is 18.3. The van der Waals surface area contributed by atoms with Gasteiger partial charge < -0.3 is 31.3 Å². The first-order chi connectivity index (χ1) is 26.4. The van der Waals surface area contributed by atoms with Crippen LogP contribution in [0.5, 0.6) is 0 Å². The molecule has 0 radical (unpaired) electrons. The number of amides is 3. The minimum Gasteiger partial charge on any atom is -0.481 e. The van der Waals surface area contributed by atoms with E-state index in [1.165, 1.54) is 12.1 Å². The van der Waals surface area contributed by atoms with Gasteiger partial charge in [0.25, 0.3) is 17.7 Å². The molecule has 3 unspecified atom stereocenters. The summed E-state index contributed by atoms with van der Waals surface area (Å²) in [5.41, 5.74) is 0.647. The van der Waals surface area contributed by atoms with Gasteiger partial charge in [-0.05, 0) is 85.9 Å². The van der Waals surface area contributed by atoms with Crippen LogP contribution in [0.2, 0.25) is 0 Å². The number of benzene rings is 3. The molecule has 0 saturated heterocycles. The summed E-state index contributed by atoms with van der Waals surface area (Å²) < 4.78 is 0. The first-order valence-electron chi connectivity index (χ1n) is 16.8. The minimum absolute atomic E-state index is 0.0148. The fourth-order valence-electron chi connectivity index (χ4n) is 5.29. The number of hydrogen-bond acceptors (Lipinski definition) is 12. The molecule has 0 aliphatic carbocycles. The highest BCUT2D eigenvalue weighted by Crippen LogP contribution is 2.33. The van der Waals surface area contributed by atoms with E-state index in [9.17, 15) is 33.9 Å². The van der Waals surface area contributed by atoms with Gasteiger partial charge in [0.05, 0.1) is 18.7 Å². The minimum atomic E-state index is -1.41. The normalized spacial score (nSPS) is 13.1. The van der Waals surface area contributed by atoms with Crippen molar-refractivity contribution in [2.24, 2.45) is 0 Å². The van der Waals surface area contributed by atoms with Gasteiger partial charge >= 0.3 is 17.9 Å². The van der Waals surface area contributed by atoms with E-state index in [-0.39, 0.29) is 75.0 Å². The van der Waals surface area contributed by atoms with Crippen molar-refractivity contribution in [3.05, 3.63) is 89.5 Å². The van der Waals surface area contributed by atoms with E-state index >= 15 is 0 Å². The highest BCUT2D eigenvalue weighted by Gasteiger charge is 2.23. The third kappa shape index (κ3) is 14.4. The van der Waals surface area contributed by atoms with E-state index in [0.717, 1.165) is 15.9 Å². The number of rotatable bonds is 24. The maximum Gasteiger partial charge on any atom is 0.326 e. The number of nitrogens with one attached hydrogen (secondary N) is 3. The number of carbonyl (C=O) groups is 6. The average molecular weight is 788 g/mol. The molecule has 3 amide bonds. The number of carbonyl (C=O) groups excluding carboxylic acids is 3. The van der Waals surface area contributed by atoms with Crippen LogP contribution >= 0.6 is 7.92 Å². The lowest BCUT2D eigenvalue weighted by atomic mass is 10.1. The Balaban J connectivity index is 1.92. The Bertz CT molecular complexity index is 1660. The van der Waals surface area contributed by atoms with Crippen molar-refractivity contribution in [3.63, 3.8) is 0 Å². The third-order valence-electron chi connectivity index (χ3n) is 8.13. The van der Waals surface area contributed by atoms with Gasteiger partial charge in [-0.15, -0.1) is 0 Å². The molecule has 3 atom stereocenters. The summed E-state index contributed by atoms with van der Waals surface area (Å²) in [5, 5.41) is 63.8. The van der Waals surface area contributed by atoms with E-state index in [1.807, 2.05) is 0 Å².